The molecule has 0 saturated carbocycles. The summed E-state index contributed by atoms with van der Waals surface area (Å²) in [7, 11) is 1.35. The fourth-order valence-electron chi connectivity index (χ4n) is 3.77. The molecule has 0 radical (unpaired) electrons. The third-order valence-electron chi connectivity index (χ3n) is 6.03. The van der Waals surface area contributed by atoms with Gasteiger partial charge < -0.3 is 66.2 Å². The minimum Gasteiger partial charge on any atom is -0.493 e. The second-order valence-corrected chi connectivity index (χ2v) is 9.84. The molecule has 0 aliphatic heterocycles. The normalized spacial score (nSPS) is 10.7. The molecule has 9 N–H and O–H groups in total. The van der Waals surface area contributed by atoms with Crippen molar-refractivity contribution in [3.8, 4) is 11.5 Å². The number of carbonyl (C=O) groups is 3. The fraction of sp³-hybridized carbons (Fsp3) is 0.722. The van der Waals surface area contributed by atoms with Gasteiger partial charge >= 0.3 is 12.1 Å². The molecule has 19 nitrogen and oxygen atoms in total. The van der Waals surface area contributed by atoms with E-state index in [0.717, 1.165) is 12.4 Å². The van der Waals surface area contributed by atoms with E-state index in [9.17, 15) is 24.5 Å². The largest absolute Gasteiger partial charge is 0.493 e. The summed E-state index contributed by atoms with van der Waals surface area (Å²) < 4.78 is 36.5. The molecule has 1 aromatic carbocycles. The highest BCUT2D eigenvalue weighted by Crippen LogP contribution is 2.38. The number of nitrogens with two attached hydrogens (primary N) is 4. The Hall–Kier alpha value is -4.30. The van der Waals surface area contributed by atoms with E-state index in [1.165, 1.54) is 20.1 Å². The average Bonchev–Trinajstić information content (AvgIpc) is 3.19. The maximum Gasteiger partial charge on any atom is 0.408 e. The molecule has 55 heavy (non-hydrogen) atoms. The van der Waals surface area contributed by atoms with Crippen molar-refractivity contribution in [1.29, 1.82) is 0 Å². The molecule has 2 unspecified atom stereocenters. The van der Waals surface area contributed by atoms with Crippen molar-refractivity contribution in [2.75, 3.05) is 79.6 Å². The second kappa shape index (κ2) is 42.4. The van der Waals surface area contributed by atoms with Gasteiger partial charge in [-0.2, -0.15) is 0 Å². The van der Waals surface area contributed by atoms with E-state index in [-0.39, 0.29) is 61.3 Å². The van der Waals surface area contributed by atoms with Crippen LogP contribution in [0.3, 0.4) is 0 Å². The number of hydrogen-bond acceptors (Lipinski definition) is 15. The Morgan fingerprint density at radius 3 is 1.89 bits per heavy atom. The van der Waals surface area contributed by atoms with E-state index < -0.39 is 29.1 Å². The Bertz CT molecular complexity index is 1120. The Balaban J connectivity index is -0.000000570. The molecule has 0 aliphatic rings. The lowest BCUT2D eigenvalue weighted by Crippen LogP contribution is -2.42. The number of rotatable bonds is 26. The van der Waals surface area contributed by atoms with Crippen LogP contribution in [0.5, 0.6) is 11.5 Å². The highest BCUT2D eigenvalue weighted by atomic mass is 16.6. The van der Waals surface area contributed by atoms with Crippen LogP contribution in [0.4, 0.5) is 10.5 Å². The Morgan fingerprint density at radius 2 is 1.44 bits per heavy atom. The first-order valence-electron chi connectivity index (χ1n) is 18.8. The van der Waals surface area contributed by atoms with Crippen molar-refractivity contribution in [3.05, 3.63) is 27.8 Å². The first-order chi connectivity index (χ1) is 26.6. The molecule has 1 rings (SSSR count). The zero-order valence-corrected chi connectivity index (χ0v) is 34.6. The Kier molecular flexibility index (Phi) is 44.3. The highest BCUT2D eigenvalue weighted by Gasteiger charge is 2.28. The van der Waals surface area contributed by atoms with Crippen molar-refractivity contribution in [3.63, 3.8) is 0 Å². The zero-order chi connectivity index (χ0) is 42.9. The number of amides is 1. The van der Waals surface area contributed by atoms with E-state index in [1.807, 2.05) is 41.5 Å². The van der Waals surface area contributed by atoms with Gasteiger partial charge in [0, 0.05) is 26.1 Å². The second-order valence-electron chi connectivity index (χ2n) is 9.84. The van der Waals surface area contributed by atoms with Crippen LogP contribution >= 0.6 is 0 Å². The number of carbonyl (C=O) groups excluding carboxylic acids is 3. The number of nitrogens with zero attached hydrogens (tertiary/aromatic N) is 2. The summed E-state index contributed by atoms with van der Waals surface area (Å²) in [6, 6.07) is 1.46. The molecule has 0 saturated heterocycles. The number of methoxy groups -OCH3 is 1. The number of nitrogens with one attached hydrogen (secondary N) is 1. The molecule has 322 valence electrons. The molecule has 0 bridgehead atoms. The predicted octanol–water partition coefficient (Wildman–Crippen LogP) is 3.77. The number of alkyl carbamates (subject to hydrolysis) is 1. The summed E-state index contributed by atoms with van der Waals surface area (Å²) >= 11 is 0. The van der Waals surface area contributed by atoms with Crippen LogP contribution in [0, 0.1) is 10.1 Å². The van der Waals surface area contributed by atoms with Crippen molar-refractivity contribution < 1.29 is 52.5 Å². The van der Waals surface area contributed by atoms with Crippen LogP contribution in [0.15, 0.2) is 17.1 Å². The summed E-state index contributed by atoms with van der Waals surface area (Å²) in [5.74, 6) is -0.478. The van der Waals surface area contributed by atoms with Gasteiger partial charge in [0.1, 0.15) is 18.4 Å². The number of esters is 1. The minimum atomic E-state index is -1.09. The SMILES string of the molecule is CC.CC.CC.CCOC(=O)C(CCCN=C(N)N)NC(=O)OC(C)c1cc(OC)c(OCCCC=O)cc1[N+](=O)[O-].NCCOCCOCCOCCN. The number of guanidine groups is 1. The lowest BCUT2D eigenvalue weighted by molar-refractivity contribution is -0.386. The predicted molar refractivity (Wildman–Crippen MR) is 213 cm³/mol. The van der Waals surface area contributed by atoms with Crippen LogP contribution in [0.2, 0.25) is 0 Å². The summed E-state index contributed by atoms with van der Waals surface area (Å²) in [6.07, 6.45) is -0.0823. The molecule has 1 aromatic rings. The quantitative estimate of drug-likeness (QED) is 0.0170. The van der Waals surface area contributed by atoms with Crippen molar-refractivity contribution in [1.82, 2.24) is 5.32 Å². The van der Waals surface area contributed by atoms with Crippen molar-refractivity contribution in [2.24, 2.45) is 27.9 Å². The smallest absolute Gasteiger partial charge is 0.408 e. The third-order valence-corrected chi connectivity index (χ3v) is 6.03. The van der Waals surface area contributed by atoms with Crippen LogP contribution in [-0.2, 0) is 33.3 Å². The zero-order valence-electron chi connectivity index (χ0n) is 34.6. The molecule has 0 aliphatic carbocycles. The molecular formula is C36H71N7O12. The summed E-state index contributed by atoms with van der Waals surface area (Å²) in [4.78, 5) is 50.1. The average molecular weight is 794 g/mol. The van der Waals surface area contributed by atoms with Crippen LogP contribution in [-0.4, -0.2) is 115 Å². The molecule has 0 aromatic heterocycles. The van der Waals surface area contributed by atoms with E-state index >= 15 is 0 Å². The molecule has 0 heterocycles. The van der Waals surface area contributed by atoms with Gasteiger partial charge in [-0.3, -0.25) is 15.1 Å². The summed E-state index contributed by atoms with van der Waals surface area (Å²) in [5.41, 5.74) is 20.7. The molecule has 19 heteroatoms. The number of nitro benzene ring substituents is 1. The summed E-state index contributed by atoms with van der Waals surface area (Å²) in [5, 5.41) is 14.1. The van der Waals surface area contributed by atoms with Crippen molar-refractivity contribution >= 4 is 30.0 Å². The minimum absolute atomic E-state index is 0.0488. The maximum atomic E-state index is 12.5. The third kappa shape index (κ3) is 31.7. The van der Waals surface area contributed by atoms with Gasteiger partial charge in [0.05, 0.1) is 76.5 Å². The number of aliphatic imine (C=N–C) groups is 1. The number of ether oxygens (including phenoxy) is 7. The molecule has 0 spiro atoms. The van der Waals surface area contributed by atoms with Gasteiger partial charge in [0.2, 0.25) is 0 Å². The summed E-state index contributed by atoms with van der Waals surface area (Å²) in [6.45, 7) is 20.2. The molecule has 1 amide bonds. The van der Waals surface area contributed by atoms with E-state index in [1.54, 1.807) is 6.92 Å². The van der Waals surface area contributed by atoms with Gasteiger partial charge in [0.15, 0.2) is 17.5 Å². The van der Waals surface area contributed by atoms with E-state index in [2.05, 4.69) is 10.3 Å². The monoisotopic (exact) mass is 794 g/mol. The Morgan fingerprint density at radius 1 is 0.891 bits per heavy atom. The number of nitro groups is 1. The Labute approximate surface area is 327 Å². The lowest BCUT2D eigenvalue weighted by atomic mass is 10.1. The van der Waals surface area contributed by atoms with E-state index in [4.69, 9.17) is 56.1 Å². The van der Waals surface area contributed by atoms with Gasteiger partial charge in [0.25, 0.3) is 5.69 Å². The number of benzene rings is 1. The van der Waals surface area contributed by atoms with Crippen LogP contribution in [0.1, 0.15) is 92.7 Å². The van der Waals surface area contributed by atoms with Gasteiger partial charge in [-0.05, 0) is 39.2 Å². The molecule has 2 atom stereocenters. The van der Waals surface area contributed by atoms with Crippen LogP contribution in [0.25, 0.3) is 0 Å². The lowest BCUT2D eigenvalue weighted by Gasteiger charge is -2.20. The fourth-order valence-corrected chi connectivity index (χ4v) is 3.77. The van der Waals surface area contributed by atoms with E-state index in [0.29, 0.717) is 65.6 Å². The van der Waals surface area contributed by atoms with Crippen LogP contribution < -0.4 is 37.7 Å². The topological polar surface area (TPSA) is 287 Å². The standard InChI is InChI=1S/C22H33N5O9.C8H20N2O3.3C2H6/c1-4-34-20(29)16(8-7-9-25-21(23)24)26-22(30)36-14(2)15-12-18(33-3)19(13-17(15)27(31)32)35-11-6-5-10-28;9-1-3-11-5-7-13-8-6-12-4-2-10;3*1-2/h10,12-14,16H,4-9,11H2,1-3H3,(H,26,30)(H4,23,24,25);1-10H2;3*1-2H3. The first kappa shape index (κ1) is 57.4. The van der Waals surface area contributed by atoms with Crippen molar-refractivity contribution in [2.45, 2.75) is 93.2 Å². The van der Waals surface area contributed by atoms with Gasteiger partial charge in [-0.1, -0.05) is 41.5 Å². The maximum absolute atomic E-state index is 12.5. The molecule has 0 fully saturated rings. The number of hydrogen-bond donors (Lipinski definition) is 5. The first-order valence-corrected chi connectivity index (χ1v) is 18.8. The van der Waals surface area contributed by atoms with Gasteiger partial charge in [-0.25, -0.2) is 9.59 Å². The molecular weight excluding hydrogens is 722 g/mol. The van der Waals surface area contributed by atoms with Gasteiger partial charge in [-0.15, -0.1) is 0 Å². The number of unbranched alkanes of at least 4 members (excludes halogenated alkanes) is 1. The highest BCUT2D eigenvalue weighted by molar-refractivity contribution is 5.81. The number of aldehydes is 1.